The zero-order valence-corrected chi connectivity index (χ0v) is 14.1. The number of alkyl carbamates (subject to hydrolysis) is 1. The van der Waals surface area contributed by atoms with Gasteiger partial charge in [0.05, 0.1) is 5.69 Å². The highest BCUT2D eigenvalue weighted by Gasteiger charge is 2.29. The lowest BCUT2D eigenvalue weighted by Crippen LogP contribution is -2.48. The molecule has 1 aliphatic rings. The van der Waals surface area contributed by atoms with Crippen LogP contribution in [0.4, 0.5) is 4.79 Å². The Morgan fingerprint density at radius 2 is 2.14 bits per heavy atom. The smallest absolute Gasteiger partial charge is 0.407 e. The molecule has 0 saturated heterocycles. The van der Waals surface area contributed by atoms with Crippen molar-refractivity contribution in [2.45, 2.75) is 77.7 Å². The van der Waals surface area contributed by atoms with Crippen LogP contribution < -0.4 is 10.6 Å². The van der Waals surface area contributed by atoms with Crippen LogP contribution in [-0.2, 0) is 17.8 Å². The van der Waals surface area contributed by atoms with Crippen molar-refractivity contribution in [2.75, 3.05) is 0 Å². The summed E-state index contributed by atoms with van der Waals surface area (Å²) in [6.45, 7) is 9.35. The number of hydrogen-bond acceptors (Lipinski definition) is 4. The molecule has 1 aromatic rings. The molecule has 0 bridgehead atoms. The molecule has 0 radical (unpaired) electrons. The van der Waals surface area contributed by atoms with Crippen LogP contribution in [0.15, 0.2) is 12.3 Å². The van der Waals surface area contributed by atoms with E-state index in [-0.39, 0.29) is 18.2 Å². The van der Waals surface area contributed by atoms with Gasteiger partial charge in [0.25, 0.3) is 0 Å². The van der Waals surface area contributed by atoms with Crippen molar-refractivity contribution >= 4 is 6.09 Å². The number of ether oxygens (including phenoxy) is 1. The summed E-state index contributed by atoms with van der Waals surface area (Å²) >= 11 is 0. The van der Waals surface area contributed by atoms with Gasteiger partial charge in [0.1, 0.15) is 5.60 Å². The van der Waals surface area contributed by atoms with Crippen molar-refractivity contribution in [3.05, 3.63) is 18.0 Å². The van der Waals surface area contributed by atoms with E-state index >= 15 is 0 Å². The van der Waals surface area contributed by atoms with E-state index in [1.54, 1.807) is 0 Å². The lowest BCUT2D eigenvalue weighted by Gasteiger charge is -2.25. The number of carbonyl (C=O) groups excluding carboxylic acids is 1. The highest BCUT2D eigenvalue weighted by Crippen LogP contribution is 2.20. The van der Waals surface area contributed by atoms with Crippen molar-refractivity contribution < 1.29 is 9.53 Å². The number of nitrogens with zero attached hydrogens (tertiary/aromatic N) is 2. The number of aryl methyl sites for hydroxylation is 1. The number of aromatic nitrogens is 2. The Morgan fingerprint density at radius 1 is 1.41 bits per heavy atom. The van der Waals surface area contributed by atoms with Gasteiger partial charge in [-0.1, -0.05) is 0 Å². The first-order valence-corrected chi connectivity index (χ1v) is 8.12. The molecule has 2 rings (SSSR count). The van der Waals surface area contributed by atoms with Gasteiger partial charge in [-0.25, -0.2) is 4.79 Å². The Morgan fingerprint density at radius 3 is 2.82 bits per heavy atom. The number of amides is 1. The molecule has 0 aromatic carbocycles. The average Bonchev–Trinajstić information content (AvgIpc) is 3.02. The Balaban J connectivity index is 1.84. The van der Waals surface area contributed by atoms with Crippen molar-refractivity contribution in [1.29, 1.82) is 0 Å². The predicted molar refractivity (Wildman–Crippen MR) is 85.5 cm³/mol. The highest BCUT2D eigenvalue weighted by molar-refractivity contribution is 5.68. The van der Waals surface area contributed by atoms with Crippen LogP contribution in [0.5, 0.6) is 0 Å². The molecular formula is C16H28N4O2. The summed E-state index contributed by atoms with van der Waals surface area (Å²) in [7, 11) is 0. The molecule has 0 spiro atoms. The first kappa shape index (κ1) is 16.8. The van der Waals surface area contributed by atoms with Crippen molar-refractivity contribution in [3.63, 3.8) is 0 Å². The van der Waals surface area contributed by atoms with Crippen molar-refractivity contribution in [1.82, 2.24) is 20.4 Å². The van der Waals surface area contributed by atoms with Gasteiger partial charge in [0.2, 0.25) is 0 Å². The lowest BCUT2D eigenvalue weighted by atomic mass is 10.1. The number of rotatable bonds is 5. The minimum atomic E-state index is -0.459. The zero-order valence-electron chi connectivity index (χ0n) is 14.1. The Kier molecular flexibility index (Phi) is 5.45. The molecule has 1 heterocycles. The quantitative estimate of drug-likeness (QED) is 0.876. The summed E-state index contributed by atoms with van der Waals surface area (Å²) < 4.78 is 7.33. The third-order valence-electron chi connectivity index (χ3n) is 3.87. The molecule has 1 aliphatic carbocycles. The Hall–Kier alpha value is -1.56. The third-order valence-corrected chi connectivity index (χ3v) is 3.87. The summed E-state index contributed by atoms with van der Waals surface area (Å²) in [5.41, 5.74) is 0.713. The summed E-state index contributed by atoms with van der Waals surface area (Å²) in [5.74, 6) is 0. The van der Waals surface area contributed by atoms with Crippen LogP contribution in [-0.4, -0.2) is 33.6 Å². The second-order valence-electron chi connectivity index (χ2n) is 6.81. The number of carbonyl (C=O) groups is 1. The number of nitrogens with one attached hydrogen (secondary N) is 2. The van der Waals surface area contributed by atoms with Crippen LogP contribution in [0.1, 0.15) is 52.7 Å². The van der Waals surface area contributed by atoms with E-state index in [4.69, 9.17) is 4.74 Å². The maximum absolute atomic E-state index is 11.9. The molecular weight excluding hydrogens is 280 g/mol. The molecule has 0 aliphatic heterocycles. The monoisotopic (exact) mass is 308 g/mol. The highest BCUT2D eigenvalue weighted by atomic mass is 16.6. The fourth-order valence-corrected chi connectivity index (χ4v) is 2.87. The summed E-state index contributed by atoms with van der Waals surface area (Å²) in [5, 5.41) is 10.8. The molecule has 1 amide bonds. The predicted octanol–water partition coefficient (Wildman–Crippen LogP) is 2.44. The molecule has 22 heavy (non-hydrogen) atoms. The molecule has 1 aromatic heterocycles. The normalized spacial score (nSPS) is 21.8. The molecule has 2 atom stereocenters. The largest absolute Gasteiger partial charge is 0.444 e. The van der Waals surface area contributed by atoms with Crippen LogP contribution in [0.2, 0.25) is 0 Å². The maximum atomic E-state index is 11.9. The van der Waals surface area contributed by atoms with Gasteiger partial charge in [-0.05, 0) is 53.0 Å². The Bertz CT molecular complexity index is 493. The standard InChI is InChI=1S/C16H28N4O2/c1-5-20-12(9-10-18-20)11-17-13-7-6-8-14(13)19-15(21)22-16(2,3)4/h9-10,13-14,17H,5-8,11H2,1-4H3,(H,19,21). The first-order chi connectivity index (χ1) is 10.4. The first-order valence-electron chi connectivity index (χ1n) is 8.12. The topological polar surface area (TPSA) is 68.2 Å². The van der Waals surface area contributed by atoms with Gasteiger partial charge in [-0.3, -0.25) is 4.68 Å². The van der Waals surface area contributed by atoms with E-state index in [0.717, 1.165) is 32.4 Å². The van der Waals surface area contributed by atoms with Gasteiger partial charge in [0, 0.05) is 31.4 Å². The second-order valence-corrected chi connectivity index (χ2v) is 6.81. The van der Waals surface area contributed by atoms with Gasteiger partial charge in [0.15, 0.2) is 0 Å². The fraction of sp³-hybridized carbons (Fsp3) is 0.750. The zero-order chi connectivity index (χ0) is 16.2. The van der Waals surface area contributed by atoms with Gasteiger partial charge in [-0.2, -0.15) is 5.10 Å². The van der Waals surface area contributed by atoms with Crippen LogP contribution >= 0.6 is 0 Å². The van der Waals surface area contributed by atoms with E-state index in [1.807, 2.05) is 37.7 Å². The maximum Gasteiger partial charge on any atom is 0.407 e. The molecule has 2 unspecified atom stereocenters. The summed E-state index contributed by atoms with van der Waals surface area (Å²) in [6, 6.07) is 2.45. The Labute approximate surface area is 132 Å². The summed E-state index contributed by atoms with van der Waals surface area (Å²) in [4.78, 5) is 11.9. The van der Waals surface area contributed by atoms with Crippen LogP contribution in [0.25, 0.3) is 0 Å². The van der Waals surface area contributed by atoms with Gasteiger partial charge < -0.3 is 15.4 Å². The van der Waals surface area contributed by atoms with Gasteiger partial charge >= 0.3 is 6.09 Å². The van der Waals surface area contributed by atoms with Crippen LogP contribution in [0, 0.1) is 0 Å². The third kappa shape index (κ3) is 4.73. The average molecular weight is 308 g/mol. The molecule has 1 saturated carbocycles. The summed E-state index contributed by atoms with van der Waals surface area (Å²) in [6.07, 6.45) is 4.67. The fourth-order valence-electron chi connectivity index (χ4n) is 2.87. The number of hydrogen-bond donors (Lipinski definition) is 2. The van der Waals surface area contributed by atoms with Gasteiger partial charge in [-0.15, -0.1) is 0 Å². The van der Waals surface area contributed by atoms with E-state index in [9.17, 15) is 4.79 Å². The minimum Gasteiger partial charge on any atom is -0.444 e. The molecule has 124 valence electrons. The van der Waals surface area contributed by atoms with E-state index in [1.165, 1.54) is 5.69 Å². The van der Waals surface area contributed by atoms with Crippen LogP contribution in [0.3, 0.4) is 0 Å². The second kappa shape index (κ2) is 7.13. The van der Waals surface area contributed by atoms with Crippen molar-refractivity contribution in [3.8, 4) is 0 Å². The van der Waals surface area contributed by atoms with Crippen molar-refractivity contribution in [2.24, 2.45) is 0 Å². The van der Waals surface area contributed by atoms with E-state index in [2.05, 4.69) is 22.7 Å². The minimum absolute atomic E-state index is 0.132. The molecule has 6 heteroatoms. The molecule has 2 N–H and O–H groups in total. The lowest BCUT2D eigenvalue weighted by molar-refractivity contribution is 0.0498. The van der Waals surface area contributed by atoms with E-state index in [0.29, 0.717) is 0 Å². The SMILES string of the molecule is CCn1nccc1CNC1CCCC1NC(=O)OC(C)(C)C. The molecule has 6 nitrogen and oxygen atoms in total. The molecule has 1 fully saturated rings. The van der Waals surface area contributed by atoms with E-state index < -0.39 is 5.60 Å².